The first-order chi connectivity index (χ1) is 11.8. The van der Waals surface area contributed by atoms with Crippen LogP contribution < -0.4 is 5.32 Å². The lowest BCUT2D eigenvalue weighted by Crippen LogP contribution is -2.47. The number of carbonyl (C=O) groups excluding carboxylic acids is 3. The minimum Gasteiger partial charge on any atom is -0.466 e. The van der Waals surface area contributed by atoms with E-state index in [0.29, 0.717) is 44.9 Å². The Kier molecular flexibility index (Phi) is 6.43. The lowest BCUT2D eigenvalue weighted by atomic mass is 9.92. The number of rotatable bonds is 7. The summed E-state index contributed by atoms with van der Waals surface area (Å²) >= 11 is 0. The number of nitrogens with one attached hydrogen (secondary N) is 1. The Morgan fingerprint density at radius 3 is 2.52 bits per heavy atom. The number of amides is 3. The summed E-state index contributed by atoms with van der Waals surface area (Å²) in [6.07, 6.45) is 2.94. The molecule has 2 fully saturated rings. The summed E-state index contributed by atoms with van der Waals surface area (Å²) in [6.45, 7) is 9.89. The van der Waals surface area contributed by atoms with Crippen LogP contribution in [0.15, 0.2) is 0 Å². The van der Waals surface area contributed by atoms with Gasteiger partial charge in [0.1, 0.15) is 5.54 Å². The highest BCUT2D eigenvalue weighted by molar-refractivity contribution is 6.06. The lowest BCUT2D eigenvalue weighted by Gasteiger charge is -2.33. The van der Waals surface area contributed by atoms with E-state index in [9.17, 15) is 14.4 Å². The maximum atomic E-state index is 12.7. The number of hydrogen-bond acceptors (Lipinski definition) is 5. The highest BCUT2D eigenvalue weighted by Gasteiger charge is 2.47. The molecule has 2 saturated heterocycles. The quantitative estimate of drug-likeness (QED) is 0.559. The zero-order valence-corrected chi connectivity index (χ0v) is 15.8. The summed E-state index contributed by atoms with van der Waals surface area (Å²) in [5.41, 5.74) is -0.801. The van der Waals surface area contributed by atoms with Crippen molar-refractivity contribution >= 4 is 17.9 Å². The van der Waals surface area contributed by atoms with E-state index in [-0.39, 0.29) is 30.5 Å². The van der Waals surface area contributed by atoms with Crippen molar-refractivity contribution in [3.05, 3.63) is 0 Å². The SMILES string of the molecule is CCOC(=O)C1CCN(CN2C(=O)N[C@](C)(CCC(C)C)C2=O)CC1. The lowest BCUT2D eigenvalue weighted by molar-refractivity contribution is -0.150. The van der Waals surface area contributed by atoms with Gasteiger partial charge in [0.2, 0.25) is 0 Å². The fraction of sp³-hybridized carbons (Fsp3) is 0.833. The predicted octanol–water partition coefficient (Wildman–Crippen LogP) is 1.97. The Balaban J connectivity index is 1.88. The average molecular weight is 353 g/mol. The number of imide groups is 1. The molecule has 0 unspecified atom stereocenters. The van der Waals surface area contributed by atoms with Crippen LogP contribution in [0.4, 0.5) is 4.79 Å². The van der Waals surface area contributed by atoms with Crippen LogP contribution in [0.3, 0.4) is 0 Å². The van der Waals surface area contributed by atoms with Gasteiger partial charge in [0.15, 0.2) is 0 Å². The minimum absolute atomic E-state index is 0.0735. The Labute approximate surface area is 150 Å². The van der Waals surface area contributed by atoms with Crippen LogP contribution in [0.2, 0.25) is 0 Å². The molecule has 3 amide bonds. The van der Waals surface area contributed by atoms with Crippen molar-refractivity contribution in [3.63, 3.8) is 0 Å². The summed E-state index contributed by atoms with van der Waals surface area (Å²) in [5, 5.41) is 2.86. The Bertz CT molecular complexity index is 514. The second-order valence-electron chi connectivity index (χ2n) is 7.71. The van der Waals surface area contributed by atoms with Gasteiger partial charge in [-0.2, -0.15) is 0 Å². The molecule has 0 aliphatic carbocycles. The zero-order valence-electron chi connectivity index (χ0n) is 15.8. The fourth-order valence-corrected chi connectivity index (χ4v) is 3.39. The zero-order chi connectivity index (χ0) is 18.6. The summed E-state index contributed by atoms with van der Waals surface area (Å²) < 4.78 is 5.07. The molecule has 0 radical (unpaired) electrons. The van der Waals surface area contributed by atoms with Gasteiger partial charge in [-0.25, -0.2) is 9.69 Å². The summed E-state index contributed by atoms with van der Waals surface area (Å²) in [5.74, 6) is 0.122. The third-order valence-corrected chi connectivity index (χ3v) is 5.12. The van der Waals surface area contributed by atoms with Crippen LogP contribution in [-0.2, 0) is 14.3 Å². The monoisotopic (exact) mass is 353 g/mol. The summed E-state index contributed by atoms with van der Waals surface area (Å²) in [6, 6.07) is -0.316. The largest absolute Gasteiger partial charge is 0.466 e. The van der Waals surface area contributed by atoms with Gasteiger partial charge in [-0.05, 0) is 45.4 Å². The molecule has 0 aromatic rings. The fourth-order valence-electron chi connectivity index (χ4n) is 3.39. The number of likely N-dealkylation sites (tertiary alicyclic amines) is 1. The number of ether oxygens (including phenoxy) is 1. The van der Waals surface area contributed by atoms with Crippen molar-refractivity contribution in [2.75, 3.05) is 26.4 Å². The van der Waals surface area contributed by atoms with Gasteiger partial charge in [0.25, 0.3) is 5.91 Å². The first-order valence-electron chi connectivity index (χ1n) is 9.30. The standard InChI is InChI=1S/C18H31N3O4/c1-5-25-15(22)14-7-10-20(11-8-14)12-21-16(23)18(4,19-17(21)24)9-6-13(2)3/h13-14H,5-12H2,1-4H3,(H,19,24)/t18-/m1/s1. The van der Waals surface area contributed by atoms with Gasteiger partial charge >= 0.3 is 12.0 Å². The van der Waals surface area contributed by atoms with E-state index in [1.54, 1.807) is 6.92 Å². The minimum atomic E-state index is -0.801. The number of hydrogen-bond donors (Lipinski definition) is 1. The Morgan fingerprint density at radius 1 is 1.32 bits per heavy atom. The molecule has 0 spiro atoms. The van der Waals surface area contributed by atoms with Crippen molar-refractivity contribution in [1.82, 2.24) is 15.1 Å². The third-order valence-electron chi connectivity index (χ3n) is 5.12. The molecule has 25 heavy (non-hydrogen) atoms. The maximum Gasteiger partial charge on any atom is 0.326 e. The van der Waals surface area contributed by atoms with Crippen molar-refractivity contribution in [3.8, 4) is 0 Å². The molecule has 2 rings (SSSR count). The summed E-state index contributed by atoms with van der Waals surface area (Å²) in [7, 11) is 0. The first kappa shape index (κ1) is 19.7. The molecule has 2 heterocycles. The number of urea groups is 1. The van der Waals surface area contributed by atoms with Crippen LogP contribution >= 0.6 is 0 Å². The molecule has 0 aromatic carbocycles. The maximum absolute atomic E-state index is 12.7. The van der Waals surface area contributed by atoms with Gasteiger partial charge in [0.05, 0.1) is 19.2 Å². The van der Waals surface area contributed by atoms with Crippen molar-refractivity contribution in [2.45, 2.75) is 58.9 Å². The molecule has 142 valence electrons. The Morgan fingerprint density at radius 2 is 1.96 bits per heavy atom. The van der Waals surface area contributed by atoms with Crippen LogP contribution in [0.1, 0.15) is 53.4 Å². The van der Waals surface area contributed by atoms with Crippen LogP contribution in [0.5, 0.6) is 0 Å². The summed E-state index contributed by atoms with van der Waals surface area (Å²) in [4.78, 5) is 40.2. The first-order valence-corrected chi connectivity index (χ1v) is 9.30. The van der Waals surface area contributed by atoms with Crippen LogP contribution in [-0.4, -0.2) is 59.6 Å². The molecule has 0 bridgehead atoms. The molecule has 2 aliphatic rings. The molecular formula is C18H31N3O4. The molecule has 0 aromatic heterocycles. The smallest absolute Gasteiger partial charge is 0.326 e. The number of piperidine rings is 1. The molecule has 7 heteroatoms. The molecular weight excluding hydrogens is 322 g/mol. The third kappa shape index (κ3) is 4.71. The number of carbonyl (C=O) groups is 3. The van der Waals surface area contributed by atoms with E-state index in [2.05, 4.69) is 24.1 Å². The number of nitrogens with zero attached hydrogens (tertiary/aromatic N) is 2. The Hall–Kier alpha value is -1.63. The van der Waals surface area contributed by atoms with Crippen molar-refractivity contribution in [2.24, 2.45) is 11.8 Å². The normalized spacial score (nSPS) is 25.6. The van der Waals surface area contributed by atoms with Gasteiger partial charge < -0.3 is 10.1 Å². The molecule has 1 atom stereocenters. The van der Waals surface area contributed by atoms with Gasteiger partial charge in [-0.1, -0.05) is 13.8 Å². The molecule has 2 aliphatic heterocycles. The van der Waals surface area contributed by atoms with Gasteiger partial charge in [0, 0.05) is 13.1 Å². The molecule has 0 saturated carbocycles. The van der Waals surface area contributed by atoms with Crippen molar-refractivity contribution < 1.29 is 19.1 Å². The van der Waals surface area contributed by atoms with E-state index in [1.165, 1.54) is 4.90 Å². The van der Waals surface area contributed by atoms with Gasteiger partial charge in [-0.15, -0.1) is 0 Å². The second-order valence-corrected chi connectivity index (χ2v) is 7.71. The predicted molar refractivity (Wildman–Crippen MR) is 93.7 cm³/mol. The van der Waals surface area contributed by atoms with Gasteiger partial charge in [-0.3, -0.25) is 14.5 Å². The average Bonchev–Trinajstić information content (AvgIpc) is 2.78. The van der Waals surface area contributed by atoms with E-state index in [1.807, 2.05) is 6.92 Å². The van der Waals surface area contributed by atoms with Crippen LogP contribution in [0.25, 0.3) is 0 Å². The number of esters is 1. The topological polar surface area (TPSA) is 79.0 Å². The van der Waals surface area contributed by atoms with E-state index in [4.69, 9.17) is 4.74 Å². The van der Waals surface area contributed by atoms with E-state index in [0.717, 1.165) is 6.42 Å². The molecule has 1 N–H and O–H groups in total. The van der Waals surface area contributed by atoms with Crippen molar-refractivity contribution in [1.29, 1.82) is 0 Å². The van der Waals surface area contributed by atoms with E-state index < -0.39 is 5.54 Å². The second kappa shape index (κ2) is 8.17. The van der Waals surface area contributed by atoms with E-state index >= 15 is 0 Å². The molecule has 7 nitrogen and oxygen atoms in total. The highest BCUT2D eigenvalue weighted by Crippen LogP contribution is 2.26. The van der Waals surface area contributed by atoms with Crippen LogP contribution in [0, 0.1) is 11.8 Å². The highest BCUT2D eigenvalue weighted by atomic mass is 16.5.